The Morgan fingerprint density at radius 3 is 2.72 bits per heavy atom. The second-order valence-corrected chi connectivity index (χ2v) is 5.36. The molecule has 0 spiro atoms. The number of H-pyrrole nitrogens is 1. The van der Waals surface area contributed by atoms with Crippen molar-refractivity contribution in [1.82, 2.24) is 9.55 Å². The standard InChI is InChI=1S/C10H15N2O5P/c1-8-7-12(10(14)11-9(8)13)5-3-2-4-6-18(15,16)17/h4,6-7H,2-3,5H2,1H3,(H,11,13,14)(H2,15,16,17). The number of aryl methyl sites for hydroxylation is 2. The van der Waals surface area contributed by atoms with Crippen LogP contribution in [0.25, 0.3) is 0 Å². The van der Waals surface area contributed by atoms with Gasteiger partial charge >= 0.3 is 13.3 Å². The van der Waals surface area contributed by atoms with Crippen molar-refractivity contribution in [2.24, 2.45) is 0 Å². The van der Waals surface area contributed by atoms with E-state index in [1.807, 2.05) is 0 Å². The normalized spacial score (nSPS) is 12.2. The number of unbranched alkanes of at least 4 members (excludes halogenated alkanes) is 1. The molecule has 0 saturated heterocycles. The first-order valence-corrected chi connectivity index (χ1v) is 7.01. The summed E-state index contributed by atoms with van der Waals surface area (Å²) in [5.41, 5.74) is -0.442. The summed E-state index contributed by atoms with van der Waals surface area (Å²) < 4.78 is 11.9. The lowest BCUT2D eigenvalue weighted by Crippen LogP contribution is -2.30. The summed E-state index contributed by atoms with van der Waals surface area (Å²) in [6.07, 6.45) is 3.83. The van der Waals surface area contributed by atoms with Gasteiger partial charge < -0.3 is 14.4 Å². The largest absolute Gasteiger partial charge is 0.348 e. The molecule has 1 aromatic rings. The van der Waals surface area contributed by atoms with Crippen LogP contribution in [-0.4, -0.2) is 19.3 Å². The smallest absolute Gasteiger partial charge is 0.321 e. The van der Waals surface area contributed by atoms with Crippen molar-refractivity contribution in [2.45, 2.75) is 26.3 Å². The molecule has 8 heteroatoms. The minimum absolute atomic E-state index is 0.377. The van der Waals surface area contributed by atoms with Crippen LogP contribution in [0.5, 0.6) is 0 Å². The van der Waals surface area contributed by atoms with Crippen LogP contribution in [-0.2, 0) is 11.1 Å². The second-order valence-electron chi connectivity index (χ2n) is 3.88. The minimum Gasteiger partial charge on any atom is -0.321 e. The number of hydrogen-bond acceptors (Lipinski definition) is 3. The van der Waals surface area contributed by atoms with E-state index in [9.17, 15) is 14.2 Å². The van der Waals surface area contributed by atoms with Crippen molar-refractivity contribution < 1.29 is 14.4 Å². The molecular formula is C10H15N2O5P. The molecule has 1 aromatic heterocycles. The SMILES string of the molecule is Cc1cn(CCCC=CP(=O)(O)O)c(=O)[nH]c1=O. The second kappa shape index (κ2) is 5.95. The highest BCUT2D eigenvalue weighted by atomic mass is 31.2. The number of nitrogens with zero attached hydrogens (tertiary/aromatic N) is 1. The molecule has 1 heterocycles. The summed E-state index contributed by atoms with van der Waals surface area (Å²) in [5, 5.41) is 0. The quantitative estimate of drug-likeness (QED) is 0.528. The van der Waals surface area contributed by atoms with Gasteiger partial charge in [0, 0.05) is 24.1 Å². The van der Waals surface area contributed by atoms with Crippen LogP contribution in [0, 0.1) is 6.92 Å². The predicted molar refractivity (Wildman–Crippen MR) is 66.5 cm³/mol. The summed E-state index contributed by atoms with van der Waals surface area (Å²) >= 11 is 0. The molecule has 7 nitrogen and oxygen atoms in total. The van der Waals surface area contributed by atoms with E-state index < -0.39 is 18.8 Å². The van der Waals surface area contributed by atoms with Crippen LogP contribution in [0.15, 0.2) is 27.7 Å². The molecular weight excluding hydrogens is 259 g/mol. The molecule has 0 unspecified atom stereocenters. The highest BCUT2D eigenvalue weighted by molar-refractivity contribution is 7.55. The van der Waals surface area contributed by atoms with E-state index in [-0.39, 0.29) is 0 Å². The summed E-state index contributed by atoms with van der Waals surface area (Å²) in [4.78, 5) is 41.8. The van der Waals surface area contributed by atoms with Crippen molar-refractivity contribution in [2.75, 3.05) is 0 Å². The molecule has 100 valence electrons. The van der Waals surface area contributed by atoms with Gasteiger partial charge in [0.05, 0.1) is 0 Å². The van der Waals surface area contributed by atoms with Crippen molar-refractivity contribution >= 4 is 7.60 Å². The molecule has 0 aliphatic carbocycles. The third kappa shape index (κ3) is 4.83. The first-order valence-electron chi connectivity index (χ1n) is 5.33. The van der Waals surface area contributed by atoms with Gasteiger partial charge in [-0.25, -0.2) is 4.79 Å². The highest BCUT2D eigenvalue weighted by Crippen LogP contribution is 2.36. The molecule has 0 aromatic carbocycles. The topological polar surface area (TPSA) is 112 Å². The number of aromatic nitrogens is 2. The van der Waals surface area contributed by atoms with Crippen LogP contribution in [0.3, 0.4) is 0 Å². The van der Waals surface area contributed by atoms with Gasteiger partial charge in [-0.3, -0.25) is 14.3 Å². The van der Waals surface area contributed by atoms with Crippen LogP contribution in [0.1, 0.15) is 18.4 Å². The van der Waals surface area contributed by atoms with Crippen molar-refractivity contribution in [3.8, 4) is 0 Å². The lowest BCUT2D eigenvalue weighted by molar-refractivity contribution is 0.386. The summed E-state index contributed by atoms with van der Waals surface area (Å²) in [5.74, 6) is 0.841. The van der Waals surface area contributed by atoms with Crippen molar-refractivity contribution in [3.05, 3.63) is 44.5 Å². The van der Waals surface area contributed by atoms with Crippen molar-refractivity contribution in [3.63, 3.8) is 0 Å². The maximum atomic E-state index is 11.4. The highest BCUT2D eigenvalue weighted by Gasteiger charge is 2.04. The molecule has 1 rings (SSSR count). The van der Waals surface area contributed by atoms with E-state index in [0.717, 1.165) is 5.82 Å². The number of hydrogen-bond donors (Lipinski definition) is 3. The lowest BCUT2D eigenvalue weighted by atomic mass is 10.3. The fourth-order valence-electron chi connectivity index (χ4n) is 1.38. The first-order chi connectivity index (χ1) is 8.29. The molecule has 18 heavy (non-hydrogen) atoms. The molecule has 0 atom stereocenters. The zero-order chi connectivity index (χ0) is 13.8. The number of allylic oxidation sites excluding steroid dienone is 1. The molecule has 0 saturated carbocycles. The van der Waals surface area contributed by atoms with Crippen LogP contribution >= 0.6 is 7.60 Å². The Morgan fingerprint density at radius 2 is 2.11 bits per heavy atom. The van der Waals surface area contributed by atoms with Gasteiger partial charge in [-0.1, -0.05) is 6.08 Å². The third-order valence-corrected chi connectivity index (χ3v) is 2.86. The summed E-state index contributed by atoms with van der Waals surface area (Å²) in [7, 11) is -4.10. The van der Waals surface area contributed by atoms with Gasteiger partial charge in [-0.2, -0.15) is 0 Å². The number of rotatable bonds is 5. The van der Waals surface area contributed by atoms with E-state index in [2.05, 4.69) is 4.98 Å². The fourth-order valence-corrected chi connectivity index (χ4v) is 1.80. The average molecular weight is 274 g/mol. The van der Waals surface area contributed by atoms with Crippen molar-refractivity contribution in [1.29, 1.82) is 0 Å². The van der Waals surface area contributed by atoms with E-state index in [0.29, 0.717) is 24.9 Å². The summed E-state index contributed by atoms with van der Waals surface area (Å²) in [6.45, 7) is 1.98. The molecule has 0 radical (unpaired) electrons. The summed E-state index contributed by atoms with van der Waals surface area (Å²) in [6, 6.07) is 0. The zero-order valence-corrected chi connectivity index (χ0v) is 10.8. The molecule has 3 N–H and O–H groups in total. The maximum Gasteiger partial charge on any atom is 0.348 e. The van der Waals surface area contributed by atoms with E-state index >= 15 is 0 Å². The third-order valence-electron chi connectivity index (χ3n) is 2.26. The minimum atomic E-state index is -4.10. The zero-order valence-electron chi connectivity index (χ0n) is 9.87. The Morgan fingerprint density at radius 1 is 1.44 bits per heavy atom. The maximum absolute atomic E-state index is 11.4. The molecule has 0 aliphatic rings. The Labute approximate surface area is 103 Å². The van der Waals surface area contributed by atoms with E-state index in [1.54, 1.807) is 6.92 Å². The Balaban J connectivity index is 2.58. The van der Waals surface area contributed by atoms with E-state index in [4.69, 9.17) is 9.79 Å². The molecule has 0 amide bonds. The van der Waals surface area contributed by atoms with Gasteiger partial charge in [0.2, 0.25) is 0 Å². The fraction of sp³-hybridized carbons (Fsp3) is 0.400. The van der Waals surface area contributed by atoms with Crippen LogP contribution < -0.4 is 11.2 Å². The van der Waals surface area contributed by atoms with Crippen LogP contribution in [0.4, 0.5) is 0 Å². The van der Waals surface area contributed by atoms with Gasteiger partial charge in [0.25, 0.3) is 5.56 Å². The Bertz CT molecular complexity index is 595. The first kappa shape index (κ1) is 14.6. The Hall–Kier alpha value is -1.43. The monoisotopic (exact) mass is 274 g/mol. The van der Waals surface area contributed by atoms with E-state index in [1.165, 1.54) is 16.8 Å². The van der Waals surface area contributed by atoms with Gasteiger partial charge in [-0.15, -0.1) is 0 Å². The average Bonchev–Trinajstić information content (AvgIpc) is 2.23. The molecule has 0 bridgehead atoms. The molecule has 0 fully saturated rings. The number of aromatic amines is 1. The predicted octanol–water partition coefficient (Wildman–Crippen LogP) is 0.317. The molecule has 0 aliphatic heterocycles. The van der Waals surface area contributed by atoms with Crippen LogP contribution in [0.2, 0.25) is 0 Å². The van der Waals surface area contributed by atoms with Gasteiger partial charge in [0.15, 0.2) is 0 Å². The van der Waals surface area contributed by atoms with Gasteiger partial charge in [0.1, 0.15) is 0 Å². The van der Waals surface area contributed by atoms with Gasteiger partial charge in [-0.05, 0) is 19.8 Å². The Kier molecular flexibility index (Phi) is 4.84. The number of nitrogens with one attached hydrogen (secondary N) is 1. The lowest BCUT2D eigenvalue weighted by Gasteiger charge is -2.04.